The number of benzene rings is 1. The molecule has 4 nitrogen and oxygen atoms in total. The third-order valence-electron chi connectivity index (χ3n) is 3.82. The summed E-state index contributed by atoms with van der Waals surface area (Å²) in [4.78, 5) is 13.8. The Morgan fingerprint density at radius 3 is 3.14 bits per heavy atom. The fraction of sp³-hybridized carbons (Fsp3) is 0.333. The van der Waals surface area contributed by atoms with Gasteiger partial charge in [0.2, 0.25) is 0 Å². The molecule has 0 unspecified atom stereocenters. The van der Waals surface area contributed by atoms with Gasteiger partial charge in [-0.15, -0.1) is 0 Å². The number of hydrogen-bond acceptors (Lipinski definition) is 6. The molecular formula is C15H15ClN4S2. The lowest BCUT2D eigenvalue weighted by Crippen LogP contribution is -2.28. The molecule has 7 heteroatoms. The van der Waals surface area contributed by atoms with Crippen LogP contribution >= 0.6 is 35.1 Å². The average Bonchev–Trinajstić information content (AvgIpc) is 3.09. The fourth-order valence-corrected chi connectivity index (χ4v) is 4.83. The first-order chi connectivity index (χ1) is 10.7. The van der Waals surface area contributed by atoms with E-state index in [1.54, 1.807) is 23.5 Å². The molecule has 114 valence electrons. The highest BCUT2D eigenvalue weighted by Crippen LogP contribution is 2.38. The quantitative estimate of drug-likeness (QED) is 0.812. The van der Waals surface area contributed by atoms with Gasteiger partial charge in [0.05, 0.1) is 18.8 Å². The van der Waals surface area contributed by atoms with Crippen molar-refractivity contribution in [2.24, 2.45) is 9.98 Å². The van der Waals surface area contributed by atoms with E-state index >= 15 is 0 Å². The van der Waals surface area contributed by atoms with Crippen molar-refractivity contribution < 1.29 is 0 Å². The summed E-state index contributed by atoms with van der Waals surface area (Å²) >= 11 is 9.61. The van der Waals surface area contributed by atoms with Crippen molar-refractivity contribution in [2.75, 3.05) is 25.9 Å². The number of amidine groups is 2. The highest BCUT2D eigenvalue weighted by molar-refractivity contribution is 8.17. The zero-order valence-corrected chi connectivity index (χ0v) is 14.5. The topological polar surface area (TPSA) is 31.2 Å². The molecule has 22 heavy (non-hydrogen) atoms. The Morgan fingerprint density at radius 1 is 1.41 bits per heavy atom. The average molecular weight is 351 g/mol. The summed E-state index contributed by atoms with van der Waals surface area (Å²) in [5.41, 5.74) is 3.51. The van der Waals surface area contributed by atoms with Gasteiger partial charge in [-0.25, -0.2) is 4.99 Å². The van der Waals surface area contributed by atoms with Crippen LogP contribution in [0, 0.1) is 0 Å². The number of aliphatic imine (C=N–C) groups is 2. The molecule has 3 aliphatic rings. The zero-order chi connectivity index (χ0) is 15.1. The first kappa shape index (κ1) is 14.5. The highest BCUT2D eigenvalue weighted by Gasteiger charge is 2.28. The lowest BCUT2D eigenvalue weighted by molar-refractivity contribution is 0.519. The third-order valence-corrected chi connectivity index (χ3v) is 6.11. The van der Waals surface area contributed by atoms with Crippen LogP contribution in [0.15, 0.2) is 39.3 Å². The minimum absolute atomic E-state index is 0.770. The van der Waals surface area contributed by atoms with Gasteiger partial charge in [-0.2, -0.15) is 0 Å². The van der Waals surface area contributed by atoms with Gasteiger partial charge in [0, 0.05) is 30.1 Å². The van der Waals surface area contributed by atoms with E-state index < -0.39 is 0 Å². The zero-order valence-electron chi connectivity index (χ0n) is 12.1. The van der Waals surface area contributed by atoms with E-state index in [2.05, 4.69) is 27.2 Å². The van der Waals surface area contributed by atoms with E-state index in [1.807, 2.05) is 18.2 Å². The number of hydrogen-bond donors (Lipinski definition) is 0. The second kappa shape index (κ2) is 5.83. The summed E-state index contributed by atoms with van der Waals surface area (Å²) in [6.07, 6.45) is 0. The largest absolute Gasteiger partial charge is 0.353 e. The Balaban J connectivity index is 1.49. The van der Waals surface area contributed by atoms with Gasteiger partial charge in [-0.1, -0.05) is 35.1 Å². The maximum atomic E-state index is 6.11. The van der Waals surface area contributed by atoms with E-state index in [4.69, 9.17) is 16.6 Å². The van der Waals surface area contributed by atoms with Crippen LogP contribution in [0.5, 0.6) is 0 Å². The Bertz CT molecular complexity index is 713. The van der Waals surface area contributed by atoms with Crippen molar-refractivity contribution in [3.05, 3.63) is 39.9 Å². The molecule has 0 amide bonds. The van der Waals surface area contributed by atoms with Crippen LogP contribution < -0.4 is 0 Å². The Hall–Kier alpha value is -1.11. The van der Waals surface area contributed by atoms with Crippen LogP contribution in [-0.2, 0) is 6.54 Å². The molecule has 0 aromatic heterocycles. The summed E-state index contributed by atoms with van der Waals surface area (Å²) in [6.45, 7) is 2.78. The van der Waals surface area contributed by atoms with Crippen LogP contribution in [0.2, 0.25) is 5.02 Å². The molecule has 3 aliphatic heterocycles. The minimum atomic E-state index is 0.770. The number of fused-ring (bicyclic) bond motifs is 2. The van der Waals surface area contributed by atoms with Crippen LogP contribution in [0.1, 0.15) is 5.56 Å². The molecule has 0 spiro atoms. The van der Waals surface area contributed by atoms with Gasteiger partial charge in [0.25, 0.3) is 0 Å². The summed E-state index contributed by atoms with van der Waals surface area (Å²) in [5, 5.41) is 5.17. The van der Waals surface area contributed by atoms with Crippen molar-refractivity contribution in [1.82, 2.24) is 9.80 Å². The first-order valence-corrected chi connectivity index (χ1v) is 9.34. The number of rotatable bonds is 2. The molecule has 1 aromatic rings. The number of nitrogens with zero attached hydrogens (tertiary/aromatic N) is 4. The number of thioether (sulfide) groups is 2. The van der Waals surface area contributed by atoms with E-state index in [-0.39, 0.29) is 0 Å². The SMILES string of the molecule is CN1CCN=C1SCC1=CSC2=Nc3ccc(Cl)cc3CN12. The summed E-state index contributed by atoms with van der Waals surface area (Å²) in [6, 6.07) is 5.91. The van der Waals surface area contributed by atoms with Crippen LogP contribution in [-0.4, -0.2) is 46.0 Å². The molecular weight excluding hydrogens is 336 g/mol. The second-order valence-corrected chi connectivity index (χ2v) is 7.57. The molecule has 1 aromatic carbocycles. The Labute approximate surface area is 143 Å². The normalized spacial score (nSPS) is 19.6. The summed E-state index contributed by atoms with van der Waals surface area (Å²) < 4.78 is 0. The third kappa shape index (κ3) is 2.64. The molecule has 0 saturated heterocycles. The molecule has 0 radical (unpaired) electrons. The van der Waals surface area contributed by atoms with Gasteiger partial charge in [-0.3, -0.25) is 4.99 Å². The van der Waals surface area contributed by atoms with Gasteiger partial charge in [0.1, 0.15) is 0 Å². The Morgan fingerprint density at radius 2 is 2.32 bits per heavy atom. The Kier molecular flexibility index (Phi) is 3.84. The molecule has 0 N–H and O–H groups in total. The lowest BCUT2D eigenvalue weighted by Gasteiger charge is -2.27. The maximum absolute atomic E-state index is 6.11. The summed E-state index contributed by atoms with van der Waals surface area (Å²) in [5.74, 6) is 0.922. The maximum Gasteiger partial charge on any atom is 0.173 e. The number of halogens is 1. The van der Waals surface area contributed by atoms with Crippen LogP contribution in [0.25, 0.3) is 0 Å². The van der Waals surface area contributed by atoms with E-state index in [0.717, 1.165) is 46.4 Å². The smallest absolute Gasteiger partial charge is 0.173 e. The van der Waals surface area contributed by atoms with Gasteiger partial charge < -0.3 is 9.80 Å². The van der Waals surface area contributed by atoms with E-state index in [9.17, 15) is 0 Å². The fourth-order valence-electron chi connectivity index (χ4n) is 2.61. The molecule has 4 rings (SSSR count). The molecule has 0 fully saturated rings. The van der Waals surface area contributed by atoms with Crippen molar-refractivity contribution in [3.8, 4) is 0 Å². The van der Waals surface area contributed by atoms with Gasteiger partial charge in [-0.05, 0) is 29.2 Å². The standard InChI is InChI=1S/C15H15ClN4S2/c1-19-5-4-17-14(19)21-8-12-9-22-15-18-13-3-2-11(16)6-10(13)7-20(12)15/h2-3,6,9H,4-5,7-8H2,1H3. The first-order valence-electron chi connectivity index (χ1n) is 7.09. The van der Waals surface area contributed by atoms with Crippen molar-refractivity contribution in [1.29, 1.82) is 0 Å². The molecule has 0 aliphatic carbocycles. The van der Waals surface area contributed by atoms with Crippen molar-refractivity contribution in [3.63, 3.8) is 0 Å². The molecule has 0 saturated carbocycles. The lowest BCUT2D eigenvalue weighted by atomic mass is 10.1. The number of likely N-dealkylation sites (N-methyl/N-ethyl adjacent to an activating group) is 1. The predicted molar refractivity (Wildman–Crippen MR) is 97.2 cm³/mol. The minimum Gasteiger partial charge on any atom is -0.353 e. The summed E-state index contributed by atoms with van der Waals surface area (Å²) in [7, 11) is 2.10. The monoisotopic (exact) mass is 350 g/mol. The van der Waals surface area contributed by atoms with E-state index in [1.165, 1.54) is 11.3 Å². The predicted octanol–water partition coefficient (Wildman–Crippen LogP) is 3.77. The highest BCUT2D eigenvalue weighted by atomic mass is 35.5. The van der Waals surface area contributed by atoms with Crippen LogP contribution in [0.4, 0.5) is 5.69 Å². The second-order valence-electron chi connectivity index (χ2n) is 5.36. The molecule has 0 bridgehead atoms. The molecule has 0 atom stereocenters. The van der Waals surface area contributed by atoms with Gasteiger partial charge in [0.15, 0.2) is 10.3 Å². The van der Waals surface area contributed by atoms with Crippen molar-refractivity contribution in [2.45, 2.75) is 6.54 Å². The van der Waals surface area contributed by atoms with Crippen molar-refractivity contribution >= 4 is 51.1 Å². The molecule has 3 heterocycles. The van der Waals surface area contributed by atoms with Gasteiger partial charge >= 0.3 is 0 Å². The van der Waals surface area contributed by atoms with Crippen LogP contribution in [0.3, 0.4) is 0 Å². The van der Waals surface area contributed by atoms with E-state index in [0.29, 0.717) is 0 Å².